The molecule has 0 saturated heterocycles. The van der Waals surface area contributed by atoms with Gasteiger partial charge in [-0.2, -0.15) is 0 Å². The van der Waals surface area contributed by atoms with Crippen molar-refractivity contribution in [2.75, 3.05) is 13.2 Å². The minimum Gasteiger partial charge on any atom is -0.465 e. The Labute approximate surface area is 102 Å². The molecule has 0 aromatic carbocycles. The molecule has 0 N–H and O–H groups in total. The third kappa shape index (κ3) is 10.7. The third-order valence-electron chi connectivity index (χ3n) is 1.71. The Morgan fingerprint density at radius 1 is 0.882 bits per heavy atom. The molecule has 0 aliphatic rings. The van der Waals surface area contributed by atoms with E-state index in [4.69, 9.17) is 9.47 Å². The highest BCUT2D eigenvalue weighted by Gasteiger charge is 2.04. The molecule has 0 aliphatic heterocycles. The molecule has 0 amide bonds. The lowest BCUT2D eigenvalue weighted by Gasteiger charge is -2.06. The van der Waals surface area contributed by atoms with Crippen molar-refractivity contribution in [2.45, 2.75) is 33.1 Å². The standard InChI is InChI=1S/C13H20O4/c1-10(2)8-12(14)16-6-5-7-17-13(15)9-11(3)4/h1,3,5-9H2,2,4H3. The van der Waals surface area contributed by atoms with Crippen molar-refractivity contribution in [3.8, 4) is 0 Å². The van der Waals surface area contributed by atoms with Gasteiger partial charge < -0.3 is 9.47 Å². The van der Waals surface area contributed by atoms with Crippen LogP contribution in [-0.4, -0.2) is 25.2 Å². The minimum absolute atomic E-state index is 0.232. The average Bonchev–Trinajstić information content (AvgIpc) is 2.14. The summed E-state index contributed by atoms with van der Waals surface area (Å²) in [6.07, 6.45) is 0.967. The number of carbonyl (C=O) groups is 2. The Kier molecular flexibility index (Phi) is 7.76. The van der Waals surface area contributed by atoms with Gasteiger partial charge in [-0.1, -0.05) is 24.3 Å². The number of hydrogen-bond acceptors (Lipinski definition) is 4. The van der Waals surface area contributed by atoms with Crippen LogP contribution in [0.1, 0.15) is 33.1 Å². The van der Waals surface area contributed by atoms with Crippen molar-refractivity contribution in [1.29, 1.82) is 0 Å². The number of esters is 2. The fourth-order valence-electron chi connectivity index (χ4n) is 1.03. The molecule has 0 bridgehead atoms. The topological polar surface area (TPSA) is 52.6 Å². The Hall–Kier alpha value is -1.58. The predicted molar refractivity (Wildman–Crippen MR) is 65.4 cm³/mol. The summed E-state index contributed by atoms with van der Waals surface area (Å²) < 4.78 is 9.81. The van der Waals surface area contributed by atoms with E-state index in [9.17, 15) is 9.59 Å². The SMILES string of the molecule is C=C(C)CC(=O)OCCCOC(=O)CC(=C)C. The first-order chi connectivity index (χ1) is 7.91. The van der Waals surface area contributed by atoms with Crippen molar-refractivity contribution in [1.82, 2.24) is 0 Å². The van der Waals surface area contributed by atoms with Gasteiger partial charge in [0.1, 0.15) is 0 Å². The number of hydrogen-bond donors (Lipinski definition) is 0. The van der Waals surface area contributed by atoms with Crippen LogP contribution >= 0.6 is 0 Å². The fourth-order valence-corrected chi connectivity index (χ4v) is 1.03. The third-order valence-corrected chi connectivity index (χ3v) is 1.71. The van der Waals surface area contributed by atoms with E-state index in [-0.39, 0.29) is 38.0 Å². The van der Waals surface area contributed by atoms with Gasteiger partial charge in [0, 0.05) is 6.42 Å². The Morgan fingerprint density at radius 3 is 1.53 bits per heavy atom. The number of ether oxygens (including phenoxy) is 2. The van der Waals surface area contributed by atoms with E-state index < -0.39 is 0 Å². The monoisotopic (exact) mass is 240 g/mol. The maximum absolute atomic E-state index is 11.1. The van der Waals surface area contributed by atoms with Crippen molar-refractivity contribution in [3.05, 3.63) is 24.3 Å². The molecule has 0 unspecified atom stereocenters. The zero-order chi connectivity index (χ0) is 13.3. The molecule has 0 aromatic heterocycles. The molecule has 0 aliphatic carbocycles. The Bertz CT molecular complexity index is 275. The molecule has 0 heterocycles. The van der Waals surface area contributed by atoms with Crippen LogP contribution in [0, 0.1) is 0 Å². The fraction of sp³-hybridized carbons (Fsp3) is 0.538. The van der Waals surface area contributed by atoms with Crippen LogP contribution in [0.5, 0.6) is 0 Å². The summed E-state index contributed by atoms with van der Waals surface area (Å²) in [6, 6.07) is 0. The second-order valence-corrected chi connectivity index (χ2v) is 4.06. The summed E-state index contributed by atoms with van der Waals surface area (Å²) in [6.45, 7) is 11.3. The van der Waals surface area contributed by atoms with E-state index in [0.717, 1.165) is 11.1 Å². The zero-order valence-electron chi connectivity index (χ0n) is 10.6. The smallest absolute Gasteiger partial charge is 0.309 e. The van der Waals surface area contributed by atoms with Gasteiger partial charge in [-0.15, -0.1) is 0 Å². The van der Waals surface area contributed by atoms with Crippen molar-refractivity contribution in [3.63, 3.8) is 0 Å². The molecule has 0 aromatic rings. The molecule has 17 heavy (non-hydrogen) atoms. The number of carbonyl (C=O) groups excluding carboxylic acids is 2. The highest BCUT2D eigenvalue weighted by Crippen LogP contribution is 2.00. The highest BCUT2D eigenvalue weighted by atomic mass is 16.5. The lowest BCUT2D eigenvalue weighted by atomic mass is 10.2. The lowest BCUT2D eigenvalue weighted by molar-refractivity contribution is -0.145. The molecule has 4 heteroatoms. The quantitative estimate of drug-likeness (QED) is 0.371. The normalized spacial score (nSPS) is 9.53. The van der Waals surface area contributed by atoms with Gasteiger partial charge in [-0.3, -0.25) is 9.59 Å². The average molecular weight is 240 g/mol. The maximum atomic E-state index is 11.1. The van der Waals surface area contributed by atoms with E-state index in [0.29, 0.717) is 6.42 Å². The minimum atomic E-state index is -0.300. The van der Waals surface area contributed by atoms with Crippen LogP contribution in [0.4, 0.5) is 0 Å². The van der Waals surface area contributed by atoms with Crippen LogP contribution in [-0.2, 0) is 19.1 Å². The van der Waals surface area contributed by atoms with Crippen LogP contribution < -0.4 is 0 Å². The number of rotatable bonds is 8. The van der Waals surface area contributed by atoms with Gasteiger partial charge in [0.05, 0.1) is 26.1 Å². The Balaban J connectivity index is 3.46. The first-order valence-corrected chi connectivity index (χ1v) is 5.52. The van der Waals surface area contributed by atoms with Gasteiger partial charge >= 0.3 is 11.9 Å². The first-order valence-electron chi connectivity index (χ1n) is 5.52. The van der Waals surface area contributed by atoms with Crippen LogP contribution in [0.3, 0.4) is 0 Å². The Morgan fingerprint density at radius 2 is 1.24 bits per heavy atom. The van der Waals surface area contributed by atoms with Gasteiger partial charge in [0.2, 0.25) is 0 Å². The van der Waals surface area contributed by atoms with Crippen LogP contribution in [0.25, 0.3) is 0 Å². The zero-order valence-corrected chi connectivity index (χ0v) is 10.6. The van der Waals surface area contributed by atoms with Gasteiger partial charge in [-0.25, -0.2) is 0 Å². The second kappa shape index (κ2) is 8.56. The van der Waals surface area contributed by atoms with Crippen LogP contribution in [0.15, 0.2) is 24.3 Å². The van der Waals surface area contributed by atoms with Crippen molar-refractivity contribution in [2.24, 2.45) is 0 Å². The van der Waals surface area contributed by atoms with Gasteiger partial charge in [0.15, 0.2) is 0 Å². The second-order valence-electron chi connectivity index (χ2n) is 4.06. The predicted octanol–water partition coefficient (Wildman–Crippen LogP) is 2.40. The molecule has 0 rings (SSSR count). The van der Waals surface area contributed by atoms with E-state index in [1.165, 1.54) is 0 Å². The van der Waals surface area contributed by atoms with Crippen LogP contribution in [0.2, 0.25) is 0 Å². The molecular weight excluding hydrogens is 220 g/mol. The molecule has 96 valence electrons. The largest absolute Gasteiger partial charge is 0.465 e. The van der Waals surface area contributed by atoms with Crippen molar-refractivity contribution < 1.29 is 19.1 Å². The van der Waals surface area contributed by atoms with E-state index in [2.05, 4.69) is 13.2 Å². The highest BCUT2D eigenvalue weighted by molar-refractivity contribution is 5.72. The molecular formula is C13H20O4. The summed E-state index contributed by atoms with van der Waals surface area (Å²) >= 11 is 0. The molecule has 0 atom stereocenters. The lowest BCUT2D eigenvalue weighted by Crippen LogP contribution is -2.10. The summed E-state index contributed by atoms with van der Waals surface area (Å²) in [4.78, 5) is 22.2. The van der Waals surface area contributed by atoms with Crippen molar-refractivity contribution >= 4 is 11.9 Å². The van der Waals surface area contributed by atoms with E-state index in [1.54, 1.807) is 13.8 Å². The summed E-state index contributed by atoms with van der Waals surface area (Å²) in [7, 11) is 0. The molecule has 0 saturated carbocycles. The van der Waals surface area contributed by atoms with E-state index >= 15 is 0 Å². The van der Waals surface area contributed by atoms with Gasteiger partial charge in [-0.05, 0) is 13.8 Å². The molecule has 0 spiro atoms. The van der Waals surface area contributed by atoms with E-state index in [1.807, 2.05) is 0 Å². The maximum Gasteiger partial charge on any atom is 0.309 e. The summed E-state index contributed by atoms with van der Waals surface area (Å²) in [5.41, 5.74) is 1.53. The molecule has 0 radical (unpaired) electrons. The summed E-state index contributed by atoms with van der Waals surface area (Å²) in [5.74, 6) is -0.600. The summed E-state index contributed by atoms with van der Waals surface area (Å²) in [5, 5.41) is 0. The molecule has 0 fully saturated rings. The molecule has 4 nitrogen and oxygen atoms in total. The first kappa shape index (κ1) is 15.4. The van der Waals surface area contributed by atoms with Gasteiger partial charge in [0.25, 0.3) is 0 Å².